The number of nitrogens with two attached hydrogens (primary N) is 1. The van der Waals surface area contributed by atoms with Crippen molar-refractivity contribution in [3.63, 3.8) is 0 Å². The molecule has 0 radical (unpaired) electrons. The molecule has 0 saturated carbocycles. The van der Waals surface area contributed by atoms with Crippen LogP contribution in [-0.2, 0) is 54.4 Å². The second-order valence-corrected chi connectivity index (χ2v) is 23.8. The number of azide groups is 1. The Bertz CT molecular complexity index is 2600. The molecule has 2 aromatic carbocycles. The summed E-state index contributed by atoms with van der Waals surface area (Å²) >= 11 is 0. The molecule has 0 aromatic heterocycles. The van der Waals surface area contributed by atoms with Gasteiger partial charge in [0.05, 0.1) is 42.9 Å². The Balaban J connectivity index is 1.71. The van der Waals surface area contributed by atoms with Gasteiger partial charge in [0.25, 0.3) is 0 Å². The van der Waals surface area contributed by atoms with Gasteiger partial charge >= 0.3 is 12.1 Å². The molecular formula is C62H97N11O13. The van der Waals surface area contributed by atoms with Crippen molar-refractivity contribution >= 4 is 58.9 Å². The summed E-state index contributed by atoms with van der Waals surface area (Å²) in [7, 11) is 6.13. The summed E-state index contributed by atoms with van der Waals surface area (Å²) in [6.07, 6.45) is -0.746. The van der Waals surface area contributed by atoms with E-state index in [9.17, 15) is 48.3 Å². The Labute approximate surface area is 507 Å². The molecule has 8 amide bonds. The molecule has 1 heterocycles. The molecule has 0 spiro atoms. The lowest BCUT2D eigenvalue weighted by molar-refractivity contribution is -0.148. The average Bonchev–Trinajstić information content (AvgIpc) is 2.56. The number of likely N-dealkylation sites (N-methyl/N-ethyl adjacent to an activating group) is 2. The Hall–Kier alpha value is -7.14. The number of likely N-dealkylation sites (tertiary alicyclic amines) is 1. The van der Waals surface area contributed by atoms with E-state index in [2.05, 4.69) is 31.3 Å². The topological polar surface area (TPSA) is 334 Å². The number of carbonyl (C=O) groups excluding carboxylic acids is 9. The van der Waals surface area contributed by atoms with Crippen molar-refractivity contribution in [2.24, 2.45) is 52.3 Å². The summed E-state index contributed by atoms with van der Waals surface area (Å²) in [5.41, 5.74) is 15.4. The van der Waals surface area contributed by atoms with Gasteiger partial charge in [-0.15, -0.1) is 0 Å². The van der Waals surface area contributed by atoms with E-state index >= 15 is 0 Å². The van der Waals surface area contributed by atoms with E-state index in [0.29, 0.717) is 43.5 Å². The monoisotopic (exact) mass is 1200 g/mol. The Morgan fingerprint density at radius 1 is 0.791 bits per heavy atom. The summed E-state index contributed by atoms with van der Waals surface area (Å²) in [5, 5.41) is 25.0. The van der Waals surface area contributed by atoms with E-state index < -0.39 is 120 Å². The number of aliphatic hydroxyl groups excluding tert-OH is 1. The molecule has 0 unspecified atom stereocenters. The van der Waals surface area contributed by atoms with Gasteiger partial charge in [-0.25, -0.2) is 9.59 Å². The molecule has 0 bridgehead atoms. The van der Waals surface area contributed by atoms with E-state index in [1.54, 1.807) is 89.8 Å². The highest BCUT2D eigenvalue weighted by Gasteiger charge is 2.44. The molecule has 478 valence electrons. The van der Waals surface area contributed by atoms with E-state index in [-0.39, 0.29) is 68.3 Å². The standard InChI is InChI=1S/C62H97N11O13/c1-15-39(8)55(49(84-13)33-51(77)73-30-20-24-46(73)57(85-14)41(10)47(74)31-40(9)56(78)43-21-17-16-18-22-43)71(11)60(81)53(37(4)5)69-59(80)54(38(6)7)72(12)62(83)86-35-42-25-27-45(28-26-42)67-58(79)44(23-19-29-65-61(63)82)32-48(75)52(36(2)3)68-50(76)34-66-70-64/h16-18,21-22,25-28,36-41,44,46,49,52-57,78H,15,19-20,23-24,29-35H2,1-14H3,(H,67,79)(H,68,76)(H,69,80)(H3,63,65,82)/t39-,40-,41-,44+,46-,49+,52-,53-,54-,55-,56+,57+/m0/s1. The molecule has 1 aliphatic heterocycles. The third kappa shape index (κ3) is 21.7. The number of nitrogens with zero attached hydrogens (tertiary/aromatic N) is 6. The number of hydrogen-bond acceptors (Lipinski definition) is 14. The summed E-state index contributed by atoms with van der Waals surface area (Å²) in [5.74, 6) is -6.00. The molecule has 24 heteroatoms. The van der Waals surface area contributed by atoms with Crippen molar-refractivity contribution in [3.8, 4) is 0 Å². The van der Waals surface area contributed by atoms with Crippen LogP contribution in [0.25, 0.3) is 10.4 Å². The molecule has 0 aliphatic carbocycles. The van der Waals surface area contributed by atoms with Crippen LogP contribution in [0.3, 0.4) is 0 Å². The second kappa shape index (κ2) is 36.1. The largest absolute Gasteiger partial charge is 0.445 e. The molecule has 12 atom stereocenters. The average molecular weight is 1200 g/mol. The quantitative estimate of drug-likeness (QED) is 0.0172. The van der Waals surface area contributed by atoms with Crippen molar-refractivity contribution in [3.05, 3.63) is 76.2 Å². The number of rotatable bonds is 36. The first kappa shape index (κ1) is 73.1. The van der Waals surface area contributed by atoms with Crippen molar-refractivity contribution < 1.29 is 62.5 Å². The number of ether oxygens (including phenoxy) is 3. The molecule has 24 nitrogen and oxygen atoms in total. The fourth-order valence-corrected chi connectivity index (χ4v) is 11.3. The maximum atomic E-state index is 14.8. The van der Waals surface area contributed by atoms with Crippen LogP contribution in [0.1, 0.15) is 138 Å². The van der Waals surface area contributed by atoms with Gasteiger partial charge in [-0.05, 0) is 84.1 Å². The van der Waals surface area contributed by atoms with Gasteiger partial charge < -0.3 is 56.1 Å². The van der Waals surface area contributed by atoms with Crippen molar-refractivity contribution in [2.75, 3.05) is 53.3 Å². The number of ketones is 2. The van der Waals surface area contributed by atoms with E-state index in [1.165, 1.54) is 19.1 Å². The van der Waals surface area contributed by atoms with E-state index in [1.807, 2.05) is 58.0 Å². The number of benzene rings is 2. The maximum Gasteiger partial charge on any atom is 0.410 e. The lowest BCUT2D eigenvalue weighted by Crippen LogP contribution is -2.60. The van der Waals surface area contributed by atoms with Gasteiger partial charge in [0.2, 0.25) is 29.5 Å². The SMILES string of the molecule is CC[C@H](C)[C@@H]([C@@H](CC(=O)N1CCC[C@H]1[C@H](OC)[C@@H](C)C(=O)C[C@H](C)[C@@H](O)c1ccccc1)OC)N(C)C(=O)[C@@H](NC(=O)[C@H](C(C)C)N(C)C(=O)OCc1ccc(NC(=O)[C@H](CCCNC(N)=O)CC(=O)[C@@H](NC(=O)CN=[N+]=[N-])C(C)C)cc1)C(C)C. The minimum atomic E-state index is -1.07. The predicted molar refractivity (Wildman–Crippen MR) is 325 cm³/mol. The number of methoxy groups -OCH3 is 2. The third-order valence-corrected chi connectivity index (χ3v) is 16.4. The van der Waals surface area contributed by atoms with Crippen LogP contribution in [0.5, 0.6) is 0 Å². The number of amides is 8. The Morgan fingerprint density at radius 3 is 1.99 bits per heavy atom. The lowest BCUT2D eigenvalue weighted by atomic mass is 9.85. The number of primary amides is 1. The first-order chi connectivity index (χ1) is 40.6. The molecule has 1 aliphatic rings. The van der Waals surface area contributed by atoms with Gasteiger partial charge in [-0.3, -0.25) is 38.5 Å². The molecule has 86 heavy (non-hydrogen) atoms. The number of aliphatic hydroxyl groups is 1. The van der Waals surface area contributed by atoms with Crippen molar-refractivity contribution in [1.82, 2.24) is 30.7 Å². The van der Waals surface area contributed by atoms with Crippen LogP contribution in [0.15, 0.2) is 59.7 Å². The van der Waals surface area contributed by atoms with Gasteiger partial charge in [0.15, 0.2) is 5.78 Å². The smallest absolute Gasteiger partial charge is 0.410 e. The van der Waals surface area contributed by atoms with Gasteiger partial charge in [0, 0.05) is 76.7 Å². The fraction of sp³-hybridized carbons (Fsp3) is 0.661. The maximum absolute atomic E-state index is 14.8. The highest BCUT2D eigenvalue weighted by atomic mass is 16.6. The first-order valence-electron chi connectivity index (χ1n) is 30.0. The van der Waals surface area contributed by atoms with Crippen LogP contribution in [0.2, 0.25) is 0 Å². The van der Waals surface area contributed by atoms with E-state index in [0.717, 1.165) is 5.56 Å². The normalized spacial score (nSPS) is 17.0. The van der Waals surface area contributed by atoms with Crippen LogP contribution in [-0.4, -0.2) is 163 Å². The third-order valence-electron chi connectivity index (χ3n) is 16.4. The van der Waals surface area contributed by atoms with Crippen LogP contribution < -0.4 is 27.0 Å². The van der Waals surface area contributed by atoms with Crippen molar-refractivity contribution in [2.45, 2.75) is 176 Å². The van der Waals surface area contributed by atoms with Gasteiger partial charge in [-0.2, -0.15) is 0 Å². The Morgan fingerprint density at radius 2 is 1.43 bits per heavy atom. The number of nitrogens with one attached hydrogen (secondary N) is 4. The number of hydrogen-bond donors (Lipinski definition) is 6. The number of urea groups is 1. The first-order valence-corrected chi connectivity index (χ1v) is 30.0. The lowest BCUT2D eigenvalue weighted by Gasteiger charge is -2.41. The fourth-order valence-electron chi connectivity index (χ4n) is 11.3. The highest BCUT2D eigenvalue weighted by molar-refractivity contribution is 5.97. The molecule has 1 saturated heterocycles. The number of Topliss-reactive ketones (excluding diaryl/α,β-unsaturated/α-hetero) is 2. The zero-order chi connectivity index (χ0) is 64.5. The zero-order valence-corrected chi connectivity index (χ0v) is 52.9. The molecule has 3 rings (SSSR count). The minimum absolute atomic E-state index is 0.0720. The van der Waals surface area contributed by atoms with E-state index in [4.69, 9.17) is 25.5 Å². The van der Waals surface area contributed by atoms with Crippen LogP contribution in [0.4, 0.5) is 15.3 Å². The molecule has 7 N–H and O–H groups in total. The zero-order valence-electron chi connectivity index (χ0n) is 52.9. The summed E-state index contributed by atoms with van der Waals surface area (Å²) in [4.78, 5) is 129. The highest BCUT2D eigenvalue weighted by Crippen LogP contribution is 2.32. The van der Waals surface area contributed by atoms with Gasteiger partial charge in [-0.1, -0.05) is 123 Å². The van der Waals surface area contributed by atoms with Gasteiger partial charge in [0.1, 0.15) is 31.0 Å². The Kier molecular flexibility index (Phi) is 30.7. The number of anilines is 1. The number of carbonyl (C=O) groups is 9. The molecule has 2 aromatic rings. The minimum Gasteiger partial charge on any atom is -0.445 e. The van der Waals surface area contributed by atoms with Crippen LogP contribution in [0, 0.1) is 41.4 Å². The molecular weight excluding hydrogens is 1110 g/mol. The predicted octanol–water partition coefficient (Wildman–Crippen LogP) is 7.08. The summed E-state index contributed by atoms with van der Waals surface area (Å²) in [6.45, 7) is 18.1. The summed E-state index contributed by atoms with van der Waals surface area (Å²) < 4.78 is 17.8. The molecule has 1 fully saturated rings. The van der Waals surface area contributed by atoms with Crippen LogP contribution >= 0.6 is 0 Å². The van der Waals surface area contributed by atoms with Crippen molar-refractivity contribution in [1.29, 1.82) is 0 Å². The summed E-state index contributed by atoms with van der Waals surface area (Å²) in [6, 6.07) is 10.8. The second-order valence-electron chi connectivity index (χ2n) is 23.8.